The molecule has 0 radical (unpaired) electrons. The van der Waals surface area contributed by atoms with E-state index in [0.29, 0.717) is 21.2 Å². The number of nitrogens with one attached hydrogen (secondary N) is 1. The Kier molecular flexibility index (Phi) is 4.77. The first kappa shape index (κ1) is 14.6. The average Bonchev–Trinajstić information content (AvgIpc) is 2.42. The molecule has 0 saturated carbocycles. The number of amides is 1. The third kappa shape index (κ3) is 3.38. The number of hydrazone groups is 1. The molecule has 0 saturated heterocycles. The zero-order chi connectivity index (χ0) is 14.5. The van der Waals surface area contributed by atoms with Crippen LogP contribution in [0, 0.1) is 6.92 Å². The van der Waals surface area contributed by atoms with Crippen LogP contribution < -0.4 is 5.43 Å². The van der Waals surface area contributed by atoms with Crippen molar-refractivity contribution in [2.45, 2.75) is 6.92 Å². The first-order valence-electron chi connectivity index (χ1n) is 5.92. The van der Waals surface area contributed by atoms with Gasteiger partial charge in [0.05, 0.1) is 16.3 Å². The smallest absolute Gasteiger partial charge is 0.267 e. The van der Waals surface area contributed by atoms with E-state index in [1.807, 2.05) is 19.1 Å². The second-order valence-corrected chi connectivity index (χ2v) is 4.96. The highest BCUT2D eigenvalue weighted by atomic mass is 35.5. The highest BCUT2D eigenvalue weighted by Gasteiger charge is 2.07. The Labute approximate surface area is 127 Å². The van der Waals surface area contributed by atoms with Gasteiger partial charge in [-0.05, 0) is 30.7 Å². The van der Waals surface area contributed by atoms with E-state index in [1.54, 1.807) is 30.3 Å². The quantitative estimate of drug-likeness (QED) is 0.674. The van der Waals surface area contributed by atoms with Gasteiger partial charge < -0.3 is 0 Å². The second kappa shape index (κ2) is 6.55. The molecule has 0 spiro atoms. The van der Waals surface area contributed by atoms with Gasteiger partial charge >= 0.3 is 0 Å². The van der Waals surface area contributed by atoms with Crippen molar-refractivity contribution in [3.05, 3.63) is 69.2 Å². The van der Waals surface area contributed by atoms with E-state index in [0.717, 1.165) is 5.56 Å². The minimum atomic E-state index is -0.275. The lowest BCUT2D eigenvalue weighted by Crippen LogP contribution is -2.18. The molecule has 102 valence electrons. The van der Waals surface area contributed by atoms with E-state index >= 15 is 0 Å². The zero-order valence-electron chi connectivity index (χ0n) is 10.7. The Morgan fingerprint density at radius 2 is 1.75 bits per heavy atom. The molecular weight excluding hydrogens is 295 g/mol. The van der Waals surface area contributed by atoms with Crippen molar-refractivity contribution in [1.82, 2.24) is 5.43 Å². The van der Waals surface area contributed by atoms with Crippen LogP contribution >= 0.6 is 23.2 Å². The molecule has 3 nitrogen and oxygen atoms in total. The van der Waals surface area contributed by atoms with Crippen LogP contribution in [0.3, 0.4) is 0 Å². The van der Waals surface area contributed by atoms with Crippen molar-refractivity contribution in [3.8, 4) is 0 Å². The number of nitrogens with zero attached hydrogens (tertiary/aromatic N) is 1. The minimum Gasteiger partial charge on any atom is -0.267 e. The number of carbonyl (C=O) groups excluding carboxylic acids is 1. The van der Waals surface area contributed by atoms with Crippen molar-refractivity contribution in [2.75, 3.05) is 0 Å². The summed E-state index contributed by atoms with van der Waals surface area (Å²) in [5.74, 6) is -0.275. The van der Waals surface area contributed by atoms with Gasteiger partial charge in [-0.25, -0.2) is 5.43 Å². The van der Waals surface area contributed by atoms with Gasteiger partial charge in [-0.3, -0.25) is 4.79 Å². The molecule has 5 heteroatoms. The van der Waals surface area contributed by atoms with E-state index in [9.17, 15) is 4.79 Å². The zero-order valence-corrected chi connectivity index (χ0v) is 12.2. The molecule has 2 aromatic carbocycles. The maximum atomic E-state index is 11.9. The lowest BCUT2D eigenvalue weighted by molar-refractivity contribution is 0.0954. The Bertz CT molecular complexity index is 648. The summed E-state index contributed by atoms with van der Waals surface area (Å²) >= 11 is 12.0. The fraction of sp³-hybridized carbons (Fsp3) is 0.0667. The summed E-state index contributed by atoms with van der Waals surface area (Å²) in [7, 11) is 0. The van der Waals surface area contributed by atoms with E-state index < -0.39 is 0 Å². The predicted octanol–water partition coefficient (Wildman–Crippen LogP) is 4.07. The third-order valence-electron chi connectivity index (χ3n) is 2.75. The number of carbonyl (C=O) groups is 1. The highest BCUT2D eigenvalue weighted by molar-refractivity contribution is 6.38. The van der Waals surface area contributed by atoms with Crippen LogP contribution in [0.5, 0.6) is 0 Å². The van der Waals surface area contributed by atoms with E-state index in [2.05, 4.69) is 10.5 Å². The number of hydrogen-bond acceptors (Lipinski definition) is 2. The normalized spacial score (nSPS) is 10.8. The van der Waals surface area contributed by atoms with Crippen LogP contribution in [0.25, 0.3) is 0 Å². The lowest BCUT2D eigenvalue weighted by Gasteiger charge is -2.04. The molecule has 0 atom stereocenters. The summed E-state index contributed by atoms with van der Waals surface area (Å²) in [5.41, 5.74) is 4.49. The summed E-state index contributed by atoms with van der Waals surface area (Å²) in [4.78, 5) is 11.9. The first-order chi connectivity index (χ1) is 9.59. The van der Waals surface area contributed by atoms with Gasteiger partial charge in [-0.15, -0.1) is 0 Å². The Hall–Kier alpha value is -1.84. The van der Waals surface area contributed by atoms with Gasteiger partial charge in [0.25, 0.3) is 5.91 Å². The van der Waals surface area contributed by atoms with Gasteiger partial charge in [0, 0.05) is 11.1 Å². The van der Waals surface area contributed by atoms with Gasteiger partial charge in [-0.2, -0.15) is 5.10 Å². The summed E-state index contributed by atoms with van der Waals surface area (Å²) in [6, 6.07) is 12.4. The molecule has 0 fully saturated rings. The van der Waals surface area contributed by atoms with Crippen molar-refractivity contribution < 1.29 is 4.79 Å². The van der Waals surface area contributed by atoms with Crippen molar-refractivity contribution in [1.29, 1.82) is 0 Å². The topological polar surface area (TPSA) is 41.5 Å². The molecule has 2 rings (SSSR count). The van der Waals surface area contributed by atoms with Crippen molar-refractivity contribution in [3.63, 3.8) is 0 Å². The second-order valence-electron chi connectivity index (χ2n) is 4.15. The van der Waals surface area contributed by atoms with Crippen LogP contribution in [0.15, 0.2) is 47.6 Å². The van der Waals surface area contributed by atoms with Crippen molar-refractivity contribution >= 4 is 35.3 Å². The molecule has 0 aliphatic carbocycles. The largest absolute Gasteiger partial charge is 0.271 e. The molecule has 1 N–H and O–H groups in total. The third-order valence-corrected chi connectivity index (χ3v) is 3.41. The molecule has 1 amide bonds. The maximum Gasteiger partial charge on any atom is 0.271 e. The maximum absolute atomic E-state index is 11.9. The number of aryl methyl sites for hydroxylation is 1. The van der Waals surface area contributed by atoms with E-state index in [-0.39, 0.29) is 5.91 Å². The van der Waals surface area contributed by atoms with Gasteiger partial charge in [0.1, 0.15) is 0 Å². The predicted molar refractivity (Wildman–Crippen MR) is 82.7 cm³/mol. The van der Waals surface area contributed by atoms with E-state index in [4.69, 9.17) is 23.2 Å². The Balaban J connectivity index is 2.11. The fourth-order valence-electron chi connectivity index (χ4n) is 1.68. The lowest BCUT2D eigenvalue weighted by atomic mass is 10.1. The van der Waals surface area contributed by atoms with Crippen LogP contribution in [-0.4, -0.2) is 12.1 Å². The standard InChI is InChI=1S/C15H12Cl2N2O/c1-10-5-2-3-6-11(10)15(20)19-18-9-12-13(16)7-4-8-14(12)17/h2-9H,1H3,(H,19,20)/b18-9+. The molecule has 0 aliphatic heterocycles. The summed E-state index contributed by atoms with van der Waals surface area (Å²) in [5, 5.41) is 4.84. The molecule has 0 heterocycles. The molecule has 0 aromatic heterocycles. The number of halogens is 2. The molecule has 20 heavy (non-hydrogen) atoms. The number of rotatable bonds is 3. The molecule has 2 aromatic rings. The monoisotopic (exact) mass is 306 g/mol. The molecule has 0 bridgehead atoms. The SMILES string of the molecule is Cc1ccccc1C(=O)N/N=C/c1c(Cl)cccc1Cl. The fourth-order valence-corrected chi connectivity index (χ4v) is 2.17. The summed E-state index contributed by atoms with van der Waals surface area (Å²) < 4.78 is 0. The van der Waals surface area contributed by atoms with Gasteiger partial charge in [0.15, 0.2) is 0 Å². The summed E-state index contributed by atoms with van der Waals surface area (Å²) in [6.45, 7) is 1.86. The number of hydrogen-bond donors (Lipinski definition) is 1. The Morgan fingerprint density at radius 1 is 1.10 bits per heavy atom. The average molecular weight is 307 g/mol. The minimum absolute atomic E-state index is 0.275. The summed E-state index contributed by atoms with van der Waals surface area (Å²) in [6.07, 6.45) is 1.43. The first-order valence-corrected chi connectivity index (χ1v) is 6.68. The Morgan fingerprint density at radius 3 is 2.40 bits per heavy atom. The number of benzene rings is 2. The van der Waals surface area contributed by atoms with Crippen LogP contribution in [-0.2, 0) is 0 Å². The molecular formula is C15H12Cl2N2O. The van der Waals surface area contributed by atoms with Crippen LogP contribution in [0.4, 0.5) is 0 Å². The van der Waals surface area contributed by atoms with Crippen LogP contribution in [0.2, 0.25) is 10.0 Å². The highest BCUT2D eigenvalue weighted by Crippen LogP contribution is 2.22. The van der Waals surface area contributed by atoms with Crippen molar-refractivity contribution in [2.24, 2.45) is 5.10 Å². The van der Waals surface area contributed by atoms with E-state index in [1.165, 1.54) is 6.21 Å². The molecule has 0 unspecified atom stereocenters. The van der Waals surface area contributed by atoms with Crippen LogP contribution in [0.1, 0.15) is 21.5 Å². The van der Waals surface area contributed by atoms with Gasteiger partial charge in [0.2, 0.25) is 0 Å². The van der Waals surface area contributed by atoms with Gasteiger partial charge in [-0.1, -0.05) is 47.5 Å². The molecule has 0 aliphatic rings.